The summed E-state index contributed by atoms with van der Waals surface area (Å²) in [6.07, 6.45) is 1.14. The summed E-state index contributed by atoms with van der Waals surface area (Å²) in [6.45, 7) is 9.46. The molecule has 0 aliphatic heterocycles. The van der Waals surface area contributed by atoms with Gasteiger partial charge in [0.05, 0.1) is 0 Å². The standard InChI is InChI=1S/C11H27N3/c1-10(2)8-11(3,9-12)13-6-7-14(4)5/h10,13H,6-9,12H2,1-5H3. The van der Waals surface area contributed by atoms with Gasteiger partial charge in [-0.3, -0.25) is 0 Å². The monoisotopic (exact) mass is 201 g/mol. The average molecular weight is 201 g/mol. The van der Waals surface area contributed by atoms with E-state index in [-0.39, 0.29) is 5.54 Å². The highest BCUT2D eigenvalue weighted by atomic mass is 15.1. The lowest BCUT2D eigenvalue weighted by atomic mass is 9.91. The maximum absolute atomic E-state index is 5.80. The number of hydrogen-bond donors (Lipinski definition) is 2. The highest BCUT2D eigenvalue weighted by molar-refractivity contribution is 4.85. The molecule has 0 fully saturated rings. The summed E-state index contributed by atoms with van der Waals surface area (Å²) in [5, 5.41) is 3.54. The van der Waals surface area contributed by atoms with Crippen LogP contribution in [0.25, 0.3) is 0 Å². The van der Waals surface area contributed by atoms with Gasteiger partial charge in [-0.05, 0) is 33.4 Å². The van der Waals surface area contributed by atoms with E-state index in [1.807, 2.05) is 0 Å². The molecule has 0 spiro atoms. The Morgan fingerprint density at radius 1 is 1.36 bits per heavy atom. The molecule has 0 saturated heterocycles. The first-order valence-corrected chi connectivity index (χ1v) is 5.49. The van der Waals surface area contributed by atoms with Crippen LogP contribution >= 0.6 is 0 Å². The minimum atomic E-state index is 0.101. The summed E-state index contributed by atoms with van der Waals surface area (Å²) in [6, 6.07) is 0. The number of nitrogens with two attached hydrogens (primary N) is 1. The fourth-order valence-electron chi connectivity index (χ4n) is 1.71. The summed E-state index contributed by atoms with van der Waals surface area (Å²) in [5.41, 5.74) is 5.90. The number of nitrogens with zero attached hydrogens (tertiary/aromatic N) is 1. The molecule has 0 aromatic carbocycles. The van der Waals surface area contributed by atoms with Gasteiger partial charge in [-0.1, -0.05) is 13.8 Å². The fourth-order valence-corrected chi connectivity index (χ4v) is 1.71. The van der Waals surface area contributed by atoms with Crippen molar-refractivity contribution >= 4 is 0 Å². The van der Waals surface area contributed by atoms with Gasteiger partial charge in [-0.2, -0.15) is 0 Å². The Kier molecular flexibility index (Phi) is 6.33. The highest BCUT2D eigenvalue weighted by Gasteiger charge is 2.22. The van der Waals surface area contributed by atoms with Crippen LogP contribution in [-0.2, 0) is 0 Å². The minimum Gasteiger partial charge on any atom is -0.329 e. The second-order valence-electron chi connectivity index (χ2n) is 5.09. The van der Waals surface area contributed by atoms with Gasteiger partial charge in [0.1, 0.15) is 0 Å². The molecule has 0 aromatic heterocycles. The second kappa shape index (κ2) is 6.38. The molecule has 0 aliphatic carbocycles. The van der Waals surface area contributed by atoms with E-state index in [1.54, 1.807) is 0 Å². The van der Waals surface area contributed by atoms with E-state index in [0.717, 1.165) is 19.5 Å². The zero-order valence-electron chi connectivity index (χ0n) is 10.4. The molecule has 86 valence electrons. The predicted octanol–water partition coefficient (Wildman–Crippen LogP) is 0.901. The fraction of sp³-hybridized carbons (Fsp3) is 1.00. The molecule has 0 amide bonds. The van der Waals surface area contributed by atoms with Crippen LogP contribution in [0.2, 0.25) is 0 Å². The first kappa shape index (κ1) is 13.9. The Balaban J connectivity index is 3.86. The molecule has 0 heterocycles. The molecule has 1 atom stereocenters. The van der Waals surface area contributed by atoms with E-state index in [1.165, 1.54) is 0 Å². The van der Waals surface area contributed by atoms with E-state index < -0.39 is 0 Å². The van der Waals surface area contributed by atoms with Gasteiger partial charge in [-0.15, -0.1) is 0 Å². The van der Waals surface area contributed by atoms with Gasteiger partial charge in [0.25, 0.3) is 0 Å². The van der Waals surface area contributed by atoms with E-state index in [2.05, 4.69) is 45.1 Å². The Morgan fingerprint density at radius 2 is 1.93 bits per heavy atom. The summed E-state index contributed by atoms with van der Waals surface area (Å²) in [4.78, 5) is 2.18. The third-order valence-electron chi connectivity index (χ3n) is 2.42. The molecule has 0 aliphatic rings. The van der Waals surface area contributed by atoms with Crippen LogP contribution in [0, 0.1) is 5.92 Å². The van der Waals surface area contributed by atoms with Gasteiger partial charge in [0, 0.05) is 25.2 Å². The zero-order valence-corrected chi connectivity index (χ0v) is 10.4. The van der Waals surface area contributed by atoms with Crippen molar-refractivity contribution in [3.05, 3.63) is 0 Å². The molecular weight excluding hydrogens is 174 g/mol. The van der Waals surface area contributed by atoms with Crippen molar-refractivity contribution < 1.29 is 0 Å². The second-order valence-corrected chi connectivity index (χ2v) is 5.09. The average Bonchev–Trinajstić information content (AvgIpc) is 2.02. The maximum atomic E-state index is 5.80. The van der Waals surface area contributed by atoms with Crippen LogP contribution in [0.15, 0.2) is 0 Å². The Hall–Kier alpha value is -0.120. The SMILES string of the molecule is CC(C)CC(C)(CN)NCCN(C)C. The molecule has 1 unspecified atom stereocenters. The van der Waals surface area contributed by atoms with Crippen LogP contribution in [-0.4, -0.2) is 44.2 Å². The number of hydrogen-bond acceptors (Lipinski definition) is 3. The van der Waals surface area contributed by atoms with Gasteiger partial charge in [0.15, 0.2) is 0 Å². The summed E-state index contributed by atoms with van der Waals surface area (Å²) < 4.78 is 0. The van der Waals surface area contributed by atoms with Gasteiger partial charge in [-0.25, -0.2) is 0 Å². The van der Waals surface area contributed by atoms with Crippen molar-refractivity contribution in [1.82, 2.24) is 10.2 Å². The van der Waals surface area contributed by atoms with Crippen molar-refractivity contribution in [1.29, 1.82) is 0 Å². The van der Waals surface area contributed by atoms with E-state index >= 15 is 0 Å². The lowest BCUT2D eigenvalue weighted by molar-refractivity contribution is 0.282. The van der Waals surface area contributed by atoms with Gasteiger partial charge < -0.3 is 16.0 Å². The molecule has 3 heteroatoms. The normalized spacial score (nSPS) is 16.3. The van der Waals surface area contributed by atoms with Crippen LogP contribution < -0.4 is 11.1 Å². The summed E-state index contributed by atoms with van der Waals surface area (Å²) in [5.74, 6) is 0.690. The zero-order chi connectivity index (χ0) is 11.2. The topological polar surface area (TPSA) is 41.3 Å². The first-order chi connectivity index (χ1) is 6.39. The largest absolute Gasteiger partial charge is 0.329 e. The molecule has 0 radical (unpaired) electrons. The van der Waals surface area contributed by atoms with Gasteiger partial charge in [0.2, 0.25) is 0 Å². The quantitative estimate of drug-likeness (QED) is 0.643. The molecule has 0 saturated carbocycles. The number of rotatable bonds is 7. The number of nitrogens with one attached hydrogen (secondary N) is 1. The highest BCUT2D eigenvalue weighted by Crippen LogP contribution is 2.14. The van der Waals surface area contributed by atoms with Crippen molar-refractivity contribution in [2.75, 3.05) is 33.7 Å². The molecule has 14 heavy (non-hydrogen) atoms. The first-order valence-electron chi connectivity index (χ1n) is 5.49. The molecule has 3 N–H and O–H groups in total. The predicted molar refractivity (Wildman–Crippen MR) is 63.5 cm³/mol. The van der Waals surface area contributed by atoms with Crippen LogP contribution in [0.3, 0.4) is 0 Å². The lowest BCUT2D eigenvalue weighted by Crippen LogP contribution is -2.51. The van der Waals surface area contributed by atoms with Crippen LogP contribution in [0.5, 0.6) is 0 Å². The van der Waals surface area contributed by atoms with Crippen molar-refractivity contribution in [2.24, 2.45) is 11.7 Å². The molecule has 0 rings (SSSR count). The maximum Gasteiger partial charge on any atom is 0.0278 e. The van der Waals surface area contributed by atoms with Crippen LogP contribution in [0.1, 0.15) is 27.2 Å². The van der Waals surface area contributed by atoms with E-state index in [9.17, 15) is 0 Å². The van der Waals surface area contributed by atoms with E-state index in [0.29, 0.717) is 12.5 Å². The van der Waals surface area contributed by atoms with Gasteiger partial charge >= 0.3 is 0 Å². The molecule has 3 nitrogen and oxygen atoms in total. The van der Waals surface area contributed by atoms with Crippen molar-refractivity contribution in [2.45, 2.75) is 32.7 Å². The third kappa shape index (κ3) is 6.35. The smallest absolute Gasteiger partial charge is 0.0278 e. The van der Waals surface area contributed by atoms with Crippen LogP contribution in [0.4, 0.5) is 0 Å². The lowest BCUT2D eigenvalue weighted by Gasteiger charge is -2.32. The third-order valence-corrected chi connectivity index (χ3v) is 2.42. The Labute approximate surface area is 89.0 Å². The molecule has 0 aromatic rings. The molecule has 0 bridgehead atoms. The number of likely N-dealkylation sites (N-methyl/N-ethyl adjacent to an activating group) is 1. The Bertz CT molecular complexity index is 145. The van der Waals surface area contributed by atoms with Crippen molar-refractivity contribution in [3.8, 4) is 0 Å². The molecular formula is C11H27N3. The van der Waals surface area contributed by atoms with Crippen molar-refractivity contribution in [3.63, 3.8) is 0 Å². The van der Waals surface area contributed by atoms with E-state index in [4.69, 9.17) is 5.73 Å². The summed E-state index contributed by atoms with van der Waals surface area (Å²) >= 11 is 0. The summed E-state index contributed by atoms with van der Waals surface area (Å²) in [7, 11) is 4.17. The Morgan fingerprint density at radius 3 is 2.29 bits per heavy atom. The minimum absolute atomic E-state index is 0.101.